The largest absolute Gasteiger partial charge is 0.444 e. The third-order valence-corrected chi connectivity index (χ3v) is 10.8. The standard InChI is InChI=1S/C38H48Cl2N6O8S/c1-26-31(39)17-18-32(35(26)40)55(51,52)46(22-19-28-11-7-6-8-12-28)25-33(48)43-23-34(49)45(21-10-9-20-42-37(50)53-38(3,4)5)24-29-13-15-30(16-14-29)36(41)44-54-27(2)47/h6-8,11-18H,9-10,19-25H2,1-5H3,(H2,41,44)(H,42,50)(H,43,48). The molecule has 0 aliphatic heterocycles. The summed E-state index contributed by atoms with van der Waals surface area (Å²) in [6, 6.07) is 18.7. The Morgan fingerprint density at radius 2 is 1.56 bits per heavy atom. The molecule has 0 heterocycles. The van der Waals surface area contributed by atoms with Crippen LogP contribution in [0.1, 0.15) is 62.8 Å². The van der Waals surface area contributed by atoms with Crippen LogP contribution in [-0.4, -0.2) is 85.7 Å². The molecule has 0 spiro atoms. The maximum Gasteiger partial charge on any atom is 0.407 e. The van der Waals surface area contributed by atoms with Gasteiger partial charge in [-0.05, 0) is 75.8 Å². The minimum absolute atomic E-state index is 0.0109. The molecule has 3 amide bonds. The summed E-state index contributed by atoms with van der Waals surface area (Å²) in [4.78, 5) is 56.0. The van der Waals surface area contributed by atoms with Gasteiger partial charge in [0.2, 0.25) is 21.8 Å². The number of unbranched alkanes of at least 4 members (excludes halogenated alkanes) is 1. The number of benzene rings is 3. The number of ether oxygens (including phenoxy) is 1. The highest BCUT2D eigenvalue weighted by molar-refractivity contribution is 7.89. The first-order chi connectivity index (χ1) is 25.9. The summed E-state index contributed by atoms with van der Waals surface area (Å²) in [5.74, 6) is -1.75. The van der Waals surface area contributed by atoms with Gasteiger partial charge in [-0.25, -0.2) is 18.0 Å². The van der Waals surface area contributed by atoms with E-state index in [0.29, 0.717) is 42.0 Å². The number of oxime groups is 1. The van der Waals surface area contributed by atoms with Crippen molar-refractivity contribution in [3.8, 4) is 0 Å². The normalized spacial score (nSPS) is 11.9. The molecule has 0 unspecified atom stereocenters. The fraction of sp³-hybridized carbons (Fsp3) is 0.395. The molecular weight excluding hydrogens is 771 g/mol. The Kier molecular flexibility index (Phi) is 16.9. The Labute approximate surface area is 332 Å². The molecule has 0 radical (unpaired) electrons. The van der Waals surface area contributed by atoms with Crippen LogP contribution >= 0.6 is 23.2 Å². The second-order valence-corrected chi connectivity index (χ2v) is 16.2. The lowest BCUT2D eigenvalue weighted by Gasteiger charge is -2.25. The van der Waals surface area contributed by atoms with Gasteiger partial charge in [0.15, 0.2) is 5.84 Å². The number of alkyl carbamates (subject to hydrolysis) is 1. The second-order valence-electron chi connectivity index (χ2n) is 13.5. The molecule has 4 N–H and O–H groups in total. The number of nitrogens with zero attached hydrogens (tertiary/aromatic N) is 3. The molecule has 0 fully saturated rings. The average Bonchev–Trinajstić information content (AvgIpc) is 3.12. The Morgan fingerprint density at radius 3 is 2.20 bits per heavy atom. The number of nitrogens with one attached hydrogen (secondary N) is 2. The van der Waals surface area contributed by atoms with E-state index in [-0.39, 0.29) is 35.4 Å². The van der Waals surface area contributed by atoms with Crippen molar-refractivity contribution in [1.82, 2.24) is 19.8 Å². The van der Waals surface area contributed by atoms with Crippen molar-refractivity contribution < 1.29 is 37.2 Å². The molecule has 0 saturated carbocycles. The van der Waals surface area contributed by atoms with Crippen LogP contribution in [0.4, 0.5) is 4.79 Å². The number of amidine groups is 1. The fourth-order valence-corrected chi connectivity index (χ4v) is 7.23. The van der Waals surface area contributed by atoms with E-state index in [2.05, 4.69) is 20.6 Å². The summed E-state index contributed by atoms with van der Waals surface area (Å²) in [5, 5.41) is 9.11. The van der Waals surface area contributed by atoms with Crippen LogP contribution in [0.5, 0.6) is 0 Å². The number of nitrogens with two attached hydrogens (primary N) is 1. The van der Waals surface area contributed by atoms with Gasteiger partial charge < -0.3 is 30.8 Å². The van der Waals surface area contributed by atoms with Gasteiger partial charge in [-0.2, -0.15) is 4.31 Å². The Hall–Kier alpha value is -4.70. The van der Waals surface area contributed by atoms with Crippen LogP contribution in [0.3, 0.4) is 0 Å². The van der Waals surface area contributed by atoms with Crippen molar-refractivity contribution in [3.63, 3.8) is 0 Å². The molecule has 298 valence electrons. The summed E-state index contributed by atoms with van der Waals surface area (Å²) >= 11 is 12.6. The second kappa shape index (κ2) is 20.8. The maximum absolute atomic E-state index is 13.9. The number of carbonyl (C=O) groups excluding carboxylic acids is 4. The van der Waals surface area contributed by atoms with Gasteiger partial charge in [-0.15, -0.1) is 0 Å². The molecule has 0 saturated heterocycles. The lowest BCUT2D eigenvalue weighted by atomic mass is 10.1. The molecule has 14 nitrogen and oxygen atoms in total. The first kappa shape index (κ1) is 44.7. The van der Waals surface area contributed by atoms with Gasteiger partial charge in [0.25, 0.3) is 0 Å². The summed E-state index contributed by atoms with van der Waals surface area (Å²) in [6.45, 7) is 7.80. The van der Waals surface area contributed by atoms with E-state index >= 15 is 0 Å². The van der Waals surface area contributed by atoms with E-state index in [1.54, 1.807) is 56.9 Å². The molecular formula is C38H48Cl2N6O8S. The summed E-state index contributed by atoms with van der Waals surface area (Å²) in [5.41, 5.74) is 7.72. The molecule has 0 aromatic heterocycles. The van der Waals surface area contributed by atoms with Crippen LogP contribution in [0.2, 0.25) is 10.0 Å². The Balaban J connectivity index is 1.74. The summed E-state index contributed by atoms with van der Waals surface area (Å²) in [6.07, 6.45) is 0.793. The smallest absolute Gasteiger partial charge is 0.407 e. The van der Waals surface area contributed by atoms with E-state index in [0.717, 1.165) is 15.4 Å². The predicted octanol–water partition coefficient (Wildman–Crippen LogP) is 5.17. The molecule has 55 heavy (non-hydrogen) atoms. The molecule has 17 heteroatoms. The van der Waals surface area contributed by atoms with E-state index in [1.165, 1.54) is 19.1 Å². The maximum atomic E-state index is 13.9. The minimum atomic E-state index is -4.28. The van der Waals surface area contributed by atoms with Gasteiger partial charge in [0, 0.05) is 43.7 Å². The molecule has 3 rings (SSSR count). The number of halogens is 2. The van der Waals surface area contributed by atoms with E-state index in [9.17, 15) is 27.6 Å². The van der Waals surface area contributed by atoms with Gasteiger partial charge in [-0.1, -0.05) is 83.0 Å². The van der Waals surface area contributed by atoms with Crippen molar-refractivity contribution in [3.05, 3.63) is 99.0 Å². The van der Waals surface area contributed by atoms with E-state index in [4.69, 9.17) is 33.7 Å². The quantitative estimate of drug-likeness (QED) is 0.0512. The van der Waals surface area contributed by atoms with Crippen molar-refractivity contribution in [2.45, 2.75) is 70.9 Å². The lowest BCUT2D eigenvalue weighted by molar-refractivity contribution is -0.141. The third kappa shape index (κ3) is 14.8. The van der Waals surface area contributed by atoms with Crippen molar-refractivity contribution >= 4 is 62.9 Å². The zero-order chi connectivity index (χ0) is 40.8. The average molecular weight is 820 g/mol. The number of rotatable bonds is 18. The number of carbonyl (C=O) groups is 4. The van der Waals surface area contributed by atoms with Crippen LogP contribution in [-0.2, 0) is 46.9 Å². The number of sulfonamides is 1. The van der Waals surface area contributed by atoms with E-state index < -0.39 is 52.6 Å². The van der Waals surface area contributed by atoms with Gasteiger partial charge >= 0.3 is 12.1 Å². The Bertz CT molecular complexity index is 1940. The number of hydrogen-bond acceptors (Lipinski definition) is 9. The zero-order valence-corrected chi connectivity index (χ0v) is 33.9. The van der Waals surface area contributed by atoms with Gasteiger partial charge in [-0.3, -0.25) is 9.59 Å². The van der Waals surface area contributed by atoms with Gasteiger partial charge in [0.05, 0.1) is 18.1 Å². The first-order valence-electron chi connectivity index (χ1n) is 17.5. The molecule has 0 atom stereocenters. The first-order valence-corrected chi connectivity index (χ1v) is 19.7. The van der Waals surface area contributed by atoms with Crippen molar-refractivity contribution in [2.75, 3.05) is 32.7 Å². The summed E-state index contributed by atoms with van der Waals surface area (Å²) in [7, 11) is -4.28. The highest BCUT2D eigenvalue weighted by Gasteiger charge is 2.30. The molecule has 0 aliphatic rings. The van der Waals surface area contributed by atoms with Crippen LogP contribution in [0.25, 0.3) is 0 Å². The third-order valence-electron chi connectivity index (χ3n) is 7.92. The molecule has 0 aliphatic carbocycles. The van der Waals surface area contributed by atoms with Gasteiger partial charge in [0.1, 0.15) is 10.5 Å². The van der Waals surface area contributed by atoms with Crippen LogP contribution in [0.15, 0.2) is 76.8 Å². The number of amides is 3. The molecule has 0 bridgehead atoms. The minimum Gasteiger partial charge on any atom is -0.444 e. The van der Waals surface area contributed by atoms with E-state index in [1.807, 2.05) is 30.3 Å². The topological polar surface area (TPSA) is 190 Å². The highest BCUT2D eigenvalue weighted by Crippen LogP contribution is 2.32. The Morgan fingerprint density at radius 1 is 0.891 bits per heavy atom. The van der Waals surface area contributed by atoms with Crippen molar-refractivity contribution in [2.24, 2.45) is 10.9 Å². The lowest BCUT2D eigenvalue weighted by Crippen LogP contribution is -2.45. The predicted molar refractivity (Wildman–Crippen MR) is 211 cm³/mol. The number of hydrogen-bond donors (Lipinski definition) is 3. The monoisotopic (exact) mass is 818 g/mol. The summed E-state index contributed by atoms with van der Waals surface area (Å²) < 4.78 is 34.1. The SMILES string of the molecule is CC(=O)ON=C(N)c1ccc(CN(CCCCNC(=O)OC(C)(C)C)C(=O)CNC(=O)CN(CCc2ccccc2)S(=O)(=O)c2ccc(Cl)c(C)c2Cl)cc1. The zero-order valence-electron chi connectivity index (χ0n) is 31.6. The van der Waals surface area contributed by atoms with Crippen molar-refractivity contribution in [1.29, 1.82) is 0 Å². The van der Waals surface area contributed by atoms with Crippen LogP contribution < -0.4 is 16.4 Å². The molecule has 3 aromatic rings. The van der Waals surface area contributed by atoms with Crippen LogP contribution in [0, 0.1) is 6.92 Å². The fourth-order valence-electron chi connectivity index (χ4n) is 5.05. The highest BCUT2D eigenvalue weighted by atomic mass is 35.5. The molecule has 3 aromatic carbocycles.